The molecule has 1 amide bonds. The lowest BCUT2D eigenvalue weighted by atomic mass is 10.0. The molecule has 5 rings (SSSR count). The Morgan fingerprint density at radius 1 is 0.947 bits per heavy atom. The third-order valence-corrected chi connectivity index (χ3v) is 7.90. The Bertz CT molecular complexity index is 1310. The van der Waals surface area contributed by atoms with Crippen LogP contribution in [0.15, 0.2) is 66.7 Å². The van der Waals surface area contributed by atoms with E-state index < -0.39 is 0 Å². The van der Waals surface area contributed by atoms with Crippen molar-refractivity contribution in [3.8, 4) is 22.6 Å². The molecule has 1 aliphatic heterocycles. The lowest BCUT2D eigenvalue weighted by molar-refractivity contribution is -0.118. The summed E-state index contributed by atoms with van der Waals surface area (Å²) < 4.78 is 17.5. The Hall–Kier alpha value is -3.46. The van der Waals surface area contributed by atoms with Crippen LogP contribution in [0.1, 0.15) is 12.0 Å². The molecule has 1 aliphatic rings. The predicted molar refractivity (Wildman–Crippen MR) is 153 cm³/mol. The number of methoxy groups -OCH3 is 2. The van der Waals surface area contributed by atoms with Crippen LogP contribution in [0.3, 0.4) is 0 Å². The van der Waals surface area contributed by atoms with Crippen molar-refractivity contribution in [3.63, 3.8) is 0 Å². The van der Waals surface area contributed by atoms with Crippen molar-refractivity contribution in [2.75, 3.05) is 58.5 Å². The zero-order valence-corrected chi connectivity index (χ0v) is 22.7. The van der Waals surface area contributed by atoms with E-state index in [-0.39, 0.29) is 5.91 Å². The number of morpholine rings is 1. The molecule has 7 nitrogen and oxygen atoms in total. The number of thiazole rings is 1. The van der Waals surface area contributed by atoms with E-state index >= 15 is 0 Å². The first-order chi connectivity index (χ1) is 18.7. The highest BCUT2D eigenvalue weighted by molar-refractivity contribution is 7.22. The molecule has 1 aromatic heterocycles. The SMILES string of the molecule is COc1ccc(OC)c2sc(N(CCCN3CCOCC3)C(=O)Cc3ccc(-c4ccccc4)cc3)nc12. The summed E-state index contributed by atoms with van der Waals surface area (Å²) in [5.41, 5.74) is 3.98. The second kappa shape index (κ2) is 12.4. The fourth-order valence-electron chi connectivity index (χ4n) is 4.71. The lowest BCUT2D eigenvalue weighted by Gasteiger charge is -2.27. The number of rotatable bonds is 10. The Balaban J connectivity index is 1.38. The maximum atomic E-state index is 13.7. The van der Waals surface area contributed by atoms with Gasteiger partial charge in [-0.1, -0.05) is 65.9 Å². The molecule has 0 bridgehead atoms. The molecule has 4 aromatic rings. The zero-order valence-electron chi connectivity index (χ0n) is 21.9. The van der Waals surface area contributed by atoms with E-state index in [9.17, 15) is 4.79 Å². The number of nitrogens with zero attached hydrogens (tertiary/aromatic N) is 3. The third-order valence-electron chi connectivity index (χ3n) is 6.81. The van der Waals surface area contributed by atoms with Gasteiger partial charge in [0.1, 0.15) is 21.7 Å². The van der Waals surface area contributed by atoms with E-state index in [1.165, 1.54) is 11.3 Å². The number of anilines is 1. The van der Waals surface area contributed by atoms with Gasteiger partial charge in [0.25, 0.3) is 0 Å². The maximum Gasteiger partial charge on any atom is 0.233 e. The molecule has 38 heavy (non-hydrogen) atoms. The number of amides is 1. The van der Waals surface area contributed by atoms with Crippen LogP contribution in [-0.2, 0) is 16.0 Å². The van der Waals surface area contributed by atoms with Crippen molar-refractivity contribution in [1.82, 2.24) is 9.88 Å². The molecule has 0 unspecified atom stereocenters. The van der Waals surface area contributed by atoms with Crippen molar-refractivity contribution in [1.29, 1.82) is 0 Å². The molecule has 0 aliphatic carbocycles. The standard InChI is InChI=1S/C30H33N3O4S/c1-35-25-13-14-26(36-2)29-28(25)31-30(38-29)33(16-6-15-32-17-19-37-20-18-32)27(34)21-22-9-11-24(12-10-22)23-7-4-3-5-8-23/h3-5,7-14H,6,15-21H2,1-2H3. The van der Waals surface area contributed by atoms with E-state index in [1.54, 1.807) is 14.2 Å². The van der Waals surface area contributed by atoms with Crippen LogP contribution in [0, 0.1) is 0 Å². The third kappa shape index (κ3) is 5.99. The van der Waals surface area contributed by atoms with Crippen LogP contribution in [0.5, 0.6) is 11.5 Å². The van der Waals surface area contributed by atoms with E-state index in [1.807, 2.05) is 47.4 Å². The van der Waals surface area contributed by atoms with Gasteiger partial charge in [-0.3, -0.25) is 14.6 Å². The van der Waals surface area contributed by atoms with Gasteiger partial charge < -0.3 is 14.2 Å². The molecule has 2 heterocycles. The maximum absolute atomic E-state index is 13.7. The van der Waals surface area contributed by atoms with Crippen LogP contribution in [0.2, 0.25) is 0 Å². The minimum absolute atomic E-state index is 0.0245. The van der Waals surface area contributed by atoms with E-state index in [0.29, 0.717) is 29.4 Å². The summed E-state index contributed by atoms with van der Waals surface area (Å²) in [5, 5.41) is 0.663. The highest BCUT2D eigenvalue weighted by atomic mass is 32.1. The smallest absolute Gasteiger partial charge is 0.233 e. The fourth-order valence-corrected chi connectivity index (χ4v) is 5.83. The average Bonchev–Trinajstić information content (AvgIpc) is 3.41. The number of hydrogen-bond donors (Lipinski definition) is 0. The second-order valence-corrected chi connectivity index (χ2v) is 10.2. The summed E-state index contributed by atoms with van der Waals surface area (Å²) in [7, 11) is 3.27. The van der Waals surface area contributed by atoms with Gasteiger partial charge in [-0.05, 0) is 35.2 Å². The van der Waals surface area contributed by atoms with Gasteiger partial charge in [-0.25, -0.2) is 4.98 Å². The number of ether oxygens (including phenoxy) is 3. The van der Waals surface area contributed by atoms with Crippen molar-refractivity contribution < 1.29 is 19.0 Å². The number of carbonyl (C=O) groups excluding carboxylic acids is 1. The molecule has 1 saturated heterocycles. The average molecular weight is 532 g/mol. The Kier molecular flexibility index (Phi) is 8.53. The van der Waals surface area contributed by atoms with Crippen molar-refractivity contribution >= 4 is 32.6 Å². The Morgan fingerprint density at radius 3 is 2.34 bits per heavy atom. The summed E-state index contributed by atoms with van der Waals surface area (Å²) in [6.07, 6.45) is 1.15. The van der Waals surface area contributed by atoms with E-state index in [4.69, 9.17) is 19.2 Å². The molecule has 3 aromatic carbocycles. The van der Waals surface area contributed by atoms with Crippen LogP contribution >= 0.6 is 11.3 Å². The highest BCUT2D eigenvalue weighted by Crippen LogP contribution is 2.40. The monoisotopic (exact) mass is 531 g/mol. The van der Waals surface area contributed by atoms with Gasteiger partial charge in [0, 0.05) is 26.2 Å². The predicted octanol–water partition coefficient (Wildman–Crippen LogP) is 5.28. The largest absolute Gasteiger partial charge is 0.495 e. The lowest BCUT2D eigenvalue weighted by Crippen LogP contribution is -2.39. The molecule has 0 atom stereocenters. The molecule has 0 N–H and O–H groups in total. The van der Waals surface area contributed by atoms with Crippen molar-refractivity contribution in [3.05, 3.63) is 72.3 Å². The van der Waals surface area contributed by atoms with Crippen molar-refractivity contribution in [2.45, 2.75) is 12.8 Å². The van der Waals surface area contributed by atoms with E-state index in [0.717, 1.165) is 66.4 Å². The number of hydrogen-bond acceptors (Lipinski definition) is 7. The number of benzene rings is 3. The summed E-state index contributed by atoms with van der Waals surface area (Å²) in [6.45, 7) is 4.88. The fraction of sp³-hybridized carbons (Fsp3) is 0.333. The van der Waals surface area contributed by atoms with Crippen molar-refractivity contribution in [2.24, 2.45) is 0 Å². The van der Waals surface area contributed by atoms with Gasteiger partial charge >= 0.3 is 0 Å². The van der Waals surface area contributed by atoms with Crippen LogP contribution in [0.25, 0.3) is 21.3 Å². The second-order valence-electron chi connectivity index (χ2n) is 9.24. The molecule has 1 fully saturated rings. The molecule has 0 radical (unpaired) electrons. The minimum Gasteiger partial charge on any atom is -0.495 e. The minimum atomic E-state index is 0.0245. The normalized spacial score (nSPS) is 13.9. The molecule has 0 spiro atoms. The van der Waals surface area contributed by atoms with Gasteiger partial charge in [0.05, 0.1) is 33.9 Å². The molecule has 198 valence electrons. The summed E-state index contributed by atoms with van der Waals surface area (Å²) >= 11 is 1.47. The Morgan fingerprint density at radius 2 is 1.63 bits per heavy atom. The zero-order chi connectivity index (χ0) is 26.3. The van der Waals surface area contributed by atoms with Gasteiger partial charge in [-0.15, -0.1) is 0 Å². The topological polar surface area (TPSA) is 64.1 Å². The quantitative estimate of drug-likeness (QED) is 0.278. The first-order valence-corrected chi connectivity index (χ1v) is 13.7. The van der Waals surface area contributed by atoms with Crippen LogP contribution in [0.4, 0.5) is 5.13 Å². The summed E-state index contributed by atoms with van der Waals surface area (Å²) in [6, 6.07) is 22.2. The summed E-state index contributed by atoms with van der Waals surface area (Å²) in [5.74, 6) is 1.42. The first kappa shape index (κ1) is 26.2. The van der Waals surface area contributed by atoms with E-state index in [2.05, 4.69) is 29.2 Å². The number of aromatic nitrogens is 1. The van der Waals surface area contributed by atoms with Gasteiger partial charge in [0.15, 0.2) is 5.13 Å². The van der Waals surface area contributed by atoms with Gasteiger partial charge in [0.2, 0.25) is 5.91 Å². The van der Waals surface area contributed by atoms with Crippen LogP contribution in [-0.4, -0.2) is 69.4 Å². The van der Waals surface area contributed by atoms with Crippen LogP contribution < -0.4 is 14.4 Å². The number of carbonyl (C=O) groups is 1. The highest BCUT2D eigenvalue weighted by Gasteiger charge is 2.23. The van der Waals surface area contributed by atoms with Gasteiger partial charge in [-0.2, -0.15) is 0 Å². The Labute approximate surface area is 227 Å². The summed E-state index contributed by atoms with van der Waals surface area (Å²) in [4.78, 5) is 22.8. The molecular formula is C30H33N3O4S. The number of fused-ring (bicyclic) bond motifs is 1. The molecule has 8 heteroatoms. The molecule has 0 saturated carbocycles. The first-order valence-electron chi connectivity index (χ1n) is 12.9. The molecular weight excluding hydrogens is 498 g/mol.